The van der Waals surface area contributed by atoms with E-state index in [1.54, 1.807) is 7.05 Å². The predicted octanol–water partition coefficient (Wildman–Crippen LogP) is 2.71. The molecule has 0 saturated heterocycles. The lowest BCUT2D eigenvalue weighted by atomic mass is 10.1. The number of hydrogen-bond donors (Lipinski definition) is 1. The van der Waals surface area contributed by atoms with Crippen LogP contribution in [0.15, 0.2) is 22.7 Å². The van der Waals surface area contributed by atoms with Crippen LogP contribution >= 0.6 is 15.9 Å². The second kappa shape index (κ2) is 3.86. The van der Waals surface area contributed by atoms with Crippen molar-refractivity contribution in [2.75, 3.05) is 5.73 Å². The third kappa shape index (κ3) is 1.69. The van der Waals surface area contributed by atoms with Crippen molar-refractivity contribution in [2.45, 2.75) is 0 Å². The van der Waals surface area contributed by atoms with Gasteiger partial charge < -0.3 is 5.73 Å². The fourth-order valence-corrected chi connectivity index (χ4v) is 1.90. The highest BCUT2D eigenvalue weighted by molar-refractivity contribution is 9.10. The van der Waals surface area contributed by atoms with Gasteiger partial charge >= 0.3 is 0 Å². The van der Waals surface area contributed by atoms with Crippen molar-refractivity contribution < 1.29 is 8.78 Å². The molecule has 0 spiro atoms. The topological polar surface area (TPSA) is 43.8 Å². The molecule has 0 atom stereocenters. The minimum absolute atomic E-state index is 0.430. The van der Waals surface area contributed by atoms with Gasteiger partial charge in [-0.3, -0.25) is 4.68 Å². The summed E-state index contributed by atoms with van der Waals surface area (Å²) in [4.78, 5) is 0. The first-order valence-electron chi connectivity index (χ1n) is 4.44. The molecule has 0 bridgehead atoms. The number of halogens is 3. The first-order valence-corrected chi connectivity index (χ1v) is 5.23. The molecule has 2 N–H and O–H groups in total. The van der Waals surface area contributed by atoms with Gasteiger partial charge in [-0.2, -0.15) is 5.10 Å². The molecule has 2 rings (SSSR count). The molecule has 0 amide bonds. The van der Waals surface area contributed by atoms with Crippen LogP contribution < -0.4 is 5.73 Å². The Morgan fingerprint density at radius 2 is 2.00 bits per heavy atom. The molecular weight excluding hydrogens is 280 g/mol. The Labute approximate surface area is 99.0 Å². The third-order valence-corrected chi connectivity index (χ3v) is 3.01. The Morgan fingerprint density at radius 3 is 2.50 bits per heavy atom. The normalized spacial score (nSPS) is 10.8. The Hall–Kier alpha value is -1.43. The second-order valence-electron chi connectivity index (χ2n) is 3.30. The van der Waals surface area contributed by atoms with Gasteiger partial charge in [0.25, 0.3) is 0 Å². The maximum atomic E-state index is 13.0. The third-order valence-electron chi connectivity index (χ3n) is 2.22. The summed E-state index contributed by atoms with van der Waals surface area (Å²) in [5.41, 5.74) is 6.65. The summed E-state index contributed by atoms with van der Waals surface area (Å²) in [7, 11) is 1.67. The molecule has 3 nitrogen and oxygen atoms in total. The summed E-state index contributed by atoms with van der Waals surface area (Å²) in [5.74, 6) is -1.36. The number of rotatable bonds is 1. The number of hydrogen-bond acceptors (Lipinski definition) is 2. The van der Waals surface area contributed by atoms with Gasteiger partial charge in [0.1, 0.15) is 11.5 Å². The van der Waals surface area contributed by atoms with Gasteiger partial charge in [-0.05, 0) is 34.1 Å². The average molecular weight is 288 g/mol. The van der Waals surface area contributed by atoms with Crippen LogP contribution in [0.3, 0.4) is 0 Å². The Balaban J connectivity index is 2.59. The highest BCUT2D eigenvalue weighted by Gasteiger charge is 2.14. The highest BCUT2D eigenvalue weighted by Crippen LogP contribution is 2.32. The number of nitrogens with two attached hydrogens (primary N) is 1. The van der Waals surface area contributed by atoms with Crippen molar-refractivity contribution in [3.8, 4) is 11.3 Å². The lowest BCUT2D eigenvalue weighted by Crippen LogP contribution is -1.97. The van der Waals surface area contributed by atoms with E-state index in [9.17, 15) is 8.78 Å². The molecule has 16 heavy (non-hydrogen) atoms. The molecule has 0 aliphatic carbocycles. The number of aromatic nitrogens is 2. The molecule has 0 radical (unpaired) electrons. The van der Waals surface area contributed by atoms with Crippen LogP contribution in [0.25, 0.3) is 11.3 Å². The molecule has 1 heterocycles. The zero-order valence-electron chi connectivity index (χ0n) is 8.34. The minimum Gasteiger partial charge on any atom is -0.383 e. The standard InChI is InChI=1S/C10H8BrF2N3/c1-16-10(14)8(11)9(15-16)5-2-3-6(12)7(13)4-5/h2-4H,14H2,1H3. The maximum Gasteiger partial charge on any atom is 0.159 e. The fourth-order valence-electron chi connectivity index (χ4n) is 1.34. The molecule has 1 aromatic heterocycles. The smallest absolute Gasteiger partial charge is 0.159 e. The second-order valence-corrected chi connectivity index (χ2v) is 4.09. The van der Waals surface area contributed by atoms with Crippen molar-refractivity contribution in [1.29, 1.82) is 0 Å². The van der Waals surface area contributed by atoms with Crippen LogP contribution in [0.1, 0.15) is 0 Å². The van der Waals surface area contributed by atoms with Crippen LogP contribution in [0, 0.1) is 11.6 Å². The molecule has 0 fully saturated rings. The van der Waals surface area contributed by atoms with E-state index in [0.717, 1.165) is 12.1 Å². The van der Waals surface area contributed by atoms with E-state index in [0.29, 0.717) is 21.5 Å². The summed E-state index contributed by atoms with van der Waals surface area (Å²) >= 11 is 3.26. The van der Waals surface area contributed by atoms with Crippen molar-refractivity contribution in [3.63, 3.8) is 0 Å². The Morgan fingerprint density at radius 1 is 1.31 bits per heavy atom. The van der Waals surface area contributed by atoms with Gasteiger partial charge in [0.15, 0.2) is 11.6 Å². The van der Waals surface area contributed by atoms with Crippen LogP contribution in [0.5, 0.6) is 0 Å². The van der Waals surface area contributed by atoms with Crippen molar-refractivity contribution in [1.82, 2.24) is 9.78 Å². The fraction of sp³-hybridized carbons (Fsp3) is 0.100. The van der Waals surface area contributed by atoms with E-state index in [1.165, 1.54) is 10.7 Å². The molecular formula is C10H8BrF2N3. The molecule has 2 aromatic rings. The van der Waals surface area contributed by atoms with Gasteiger partial charge in [-0.25, -0.2) is 8.78 Å². The number of anilines is 1. The van der Waals surface area contributed by atoms with Gasteiger partial charge in [0, 0.05) is 12.6 Å². The zero-order chi connectivity index (χ0) is 11.9. The van der Waals surface area contributed by atoms with Gasteiger partial charge in [-0.15, -0.1) is 0 Å². The van der Waals surface area contributed by atoms with E-state index < -0.39 is 11.6 Å². The molecule has 0 aliphatic rings. The van der Waals surface area contributed by atoms with Gasteiger partial charge in [0.2, 0.25) is 0 Å². The van der Waals surface area contributed by atoms with E-state index in [4.69, 9.17) is 5.73 Å². The number of benzene rings is 1. The summed E-state index contributed by atoms with van der Waals surface area (Å²) in [6.45, 7) is 0. The number of nitrogen functional groups attached to an aromatic ring is 1. The summed E-state index contributed by atoms with van der Waals surface area (Å²) in [6, 6.07) is 3.59. The SMILES string of the molecule is Cn1nc(-c2ccc(F)c(F)c2)c(Br)c1N. The van der Waals surface area contributed by atoms with Crippen LogP contribution in [-0.2, 0) is 7.05 Å². The van der Waals surface area contributed by atoms with Crippen molar-refractivity contribution in [3.05, 3.63) is 34.3 Å². The van der Waals surface area contributed by atoms with Crippen LogP contribution in [0.4, 0.5) is 14.6 Å². The van der Waals surface area contributed by atoms with Crippen LogP contribution in [0.2, 0.25) is 0 Å². The van der Waals surface area contributed by atoms with Crippen molar-refractivity contribution in [2.24, 2.45) is 7.05 Å². The molecule has 84 valence electrons. The van der Waals surface area contributed by atoms with E-state index in [-0.39, 0.29) is 0 Å². The molecule has 0 aliphatic heterocycles. The van der Waals surface area contributed by atoms with E-state index >= 15 is 0 Å². The van der Waals surface area contributed by atoms with Gasteiger partial charge in [-0.1, -0.05) is 0 Å². The maximum absolute atomic E-state index is 13.0. The first kappa shape index (κ1) is 11.1. The van der Waals surface area contributed by atoms with Gasteiger partial charge in [0.05, 0.1) is 4.47 Å². The monoisotopic (exact) mass is 287 g/mol. The van der Waals surface area contributed by atoms with E-state index in [1.807, 2.05) is 0 Å². The zero-order valence-corrected chi connectivity index (χ0v) is 9.92. The number of nitrogens with zero attached hydrogens (tertiary/aromatic N) is 2. The Kier molecular flexibility index (Phi) is 2.67. The largest absolute Gasteiger partial charge is 0.383 e. The lowest BCUT2D eigenvalue weighted by molar-refractivity contribution is 0.509. The van der Waals surface area contributed by atoms with E-state index in [2.05, 4.69) is 21.0 Å². The minimum atomic E-state index is -0.909. The van der Waals surface area contributed by atoms with Crippen LogP contribution in [-0.4, -0.2) is 9.78 Å². The average Bonchev–Trinajstić information content (AvgIpc) is 2.50. The highest BCUT2D eigenvalue weighted by atomic mass is 79.9. The summed E-state index contributed by atoms with van der Waals surface area (Å²) in [6.07, 6.45) is 0. The molecule has 6 heteroatoms. The quantitative estimate of drug-likeness (QED) is 0.876. The molecule has 1 aromatic carbocycles. The molecule has 0 saturated carbocycles. The summed E-state index contributed by atoms with van der Waals surface area (Å²) < 4.78 is 27.8. The van der Waals surface area contributed by atoms with Crippen molar-refractivity contribution >= 4 is 21.7 Å². The molecule has 0 unspecified atom stereocenters. The summed E-state index contributed by atoms with van der Waals surface area (Å²) in [5, 5.41) is 4.11. The Bertz CT molecular complexity index is 551. The lowest BCUT2D eigenvalue weighted by Gasteiger charge is -1.98. The predicted molar refractivity (Wildman–Crippen MR) is 60.7 cm³/mol. The number of aryl methyl sites for hydroxylation is 1. The first-order chi connectivity index (χ1) is 7.50.